The highest BCUT2D eigenvalue weighted by atomic mass is 16.6. The first-order chi connectivity index (χ1) is 13.4. The first-order valence-electron chi connectivity index (χ1n) is 8.42. The van der Waals surface area contributed by atoms with Gasteiger partial charge in [-0.05, 0) is 0 Å². The van der Waals surface area contributed by atoms with E-state index >= 15 is 0 Å². The summed E-state index contributed by atoms with van der Waals surface area (Å²) in [6.07, 6.45) is -5.31. The van der Waals surface area contributed by atoms with Gasteiger partial charge in [-0.25, -0.2) is 4.98 Å². The van der Waals surface area contributed by atoms with Crippen LogP contribution in [0.2, 0.25) is 0 Å². The summed E-state index contributed by atoms with van der Waals surface area (Å²) in [6.45, 7) is -0.556. The molecule has 0 amide bonds. The van der Waals surface area contributed by atoms with Gasteiger partial charge in [0.25, 0.3) is 5.56 Å². The summed E-state index contributed by atoms with van der Waals surface area (Å²) in [7, 11) is 0. The highest BCUT2D eigenvalue weighted by molar-refractivity contribution is 6.08. The highest BCUT2D eigenvalue weighted by Crippen LogP contribution is 2.33. The summed E-state index contributed by atoms with van der Waals surface area (Å²) < 4.78 is 6.65. The number of ketones is 1. The van der Waals surface area contributed by atoms with Crippen molar-refractivity contribution in [1.29, 1.82) is 0 Å². The van der Waals surface area contributed by atoms with Gasteiger partial charge >= 0.3 is 0 Å². The maximum Gasteiger partial charge on any atom is 0.280 e. The van der Waals surface area contributed by atoms with Gasteiger partial charge in [-0.1, -0.05) is 30.3 Å². The number of nitrogens with two attached hydrogens (primary N) is 1. The van der Waals surface area contributed by atoms with E-state index in [0.717, 1.165) is 4.57 Å². The molecule has 3 heterocycles. The van der Waals surface area contributed by atoms with Crippen molar-refractivity contribution >= 4 is 22.9 Å². The second-order valence-electron chi connectivity index (χ2n) is 6.35. The van der Waals surface area contributed by atoms with Crippen molar-refractivity contribution in [2.75, 3.05) is 12.3 Å². The number of nitrogen functional groups attached to an aromatic ring is 1. The Labute approximate surface area is 157 Å². The number of hydrogen-bond acceptors (Lipinski definition) is 9. The van der Waals surface area contributed by atoms with Gasteiger partial charge in [-0.2, -0.15) is 4.98 Å². The lowest BCUT2D eigenvalue weighted by molar-refractivity contribution is -0.0517. The normalized spacial score (nSPS) is 24.7. The van der Waals surface area contributed by atoms with Crippen molar-refractivity contribution in [2.24, 2.45) is 0 Å². The van der Waals surface area contributed by atoms with Crippen molar-refractivity contribution in [3.8, 4) is 0 Å². The maximum atomic E-state index is 13.0. The van der Waals surface area contributed by atoms with Gasteiger partial charge < -0.3 is 25.8 Å². The number of ether oxygens (including phenoxy) is 1. The van der Waals surface area contributed by atoms with Crippen LogP contribution in [0.25, 0.3) is 11.2 Å². The van der Waals surface area contributed by atoms with Gasteiger partial charge in [0, 0.05) is 5.56 Å². The summed E-state index contributed by atoms with van der Waals surface area (Å²) in [5, 5.41) is 29.9. The number of hydrogen-bond donors (Lipinski definition) is 5. The molecule has 0 aliphatic carbocycles. The zero-order valence-corrected chi connectivity index (χ0v) is 14.4. The molecular weight excluding hydrogens is 370 g/mol. The fraction of sp³-hybridized carbons (Fsp3) is 0.294. The highest BCUT2D eigenvalue weighted by Gasteiger charge is 2.45. The van der Waals surface area contributed by atoms with E-state index in [-0.39, 0.29) is 28.5 Å². The summed E-state index contributed by atoms with van der Waals surface area (Å²) in [5.74, 6) is -0.988. The molecule has 0 unspecified atom stereocenters. The summed E-state index contributed by atoms with van der Waals surface area (Å²) in [4.78, 5) is 35.7. The number of benzene rings is 1. The van der Waals surface area contributed by atoms with Crippen molar-refractivity contribution in [1.82, 2.24) is 19.5 Å². The third-order valence-corrected chi connectivity index (χ3v) is 4.58. The molecule has 0 radical (unpaired) electrons. The van der Waals surface area contributed by atoms with Gasteiger partial charge in [0.1, 0.15) is 18.3 Å². The SMILES string of the molecule is Nc1nc2c(nc(C(=O)c3ccccc3)n2[C@@H]2O[C@H](CO)[C@@H](O)[C@H]2O)c(=O)[nH]1. The molecule has 1 aliphatic heterocycles. The fourth-order valence-corrected chi connectivity index (χ4v) is 3.21. The summed E-state index contributed by atoms with van der Waals surface area (Å²) in [6, 6.07) is 8.19. The summed E-state index contributed by atoms with van der Waals surface area (Å²) >= 11 is 0. The first-order valence-corrected chi connectivity index (χ1v) is 8.42. The molecule has 1 fully saturated rings. The standard InChI is InChI=1S/C17H17N5O6/c18-17-20-13-9(15(27)21-17)19-14(10(24)7-4-2-1-3-5-7)22(13)16-12(26)11(25)8(6-23)28-16/h1-5,8,11-12,16,23,25-26H,6H2,(H3,18,20,21,27)/t8-,11-,12-,16-/m1/s1. The quantitative estimate of drug-likeness (QED) is 0.335. The molecule has 4 atom stereocenters. The van der Waals surface area contributed by atoms with E-state index in [2.05, 4.69) is 15.0 Å². The van der Waals surface area contributed by atoms with Gasteiger partial charge in [0.15, 0.2) is 23.2 Å². The molecule has 28 heavy (non-hydrogen) atoms. The minimum atomic E-state index is -1.50. The zero-order valence-electron chi connectivity index (χ0n) is 14.4. The molecule has 1 aromatic carbocycles. The Balaban J connectivity index is 1.95. The molecule has 2 aromatic heterocycles. The second-order valence-corrected chi connectivity index (χ2v) is 6.35. The monoisotopic (exact) mass is 387 g/mol. The van der Waals surface area contributed by atoms with Gasteiger partial charge in [-0.15, -0.1) is 0 Å². The fourth-order valence-electron chi connectivity index (χ4n) is 3.21. The number of aromatic nitrogens is 4. The second kappa shape index (κ2) is 6.80. The number of carbonyl (C=O) groups excluding carboxylic acids is 1. The number of H-pyrrole nitrogens is 1. The molecule has 4 rings (SSSR count). The van der Waals surface area contributed by atoms with Crippen molar-refractivity contribution in [2.45, 2.75) is 24.5 Å². The number of aromatic amines is 1. The molecule has 11 heteroatoms. The average molecular weight is 387 g/mol. The average Bonchev–Trinajstić information content (AvgIpc) is 3.20. The smallest absolute Gasteiger partial charge is 0.280 e. The van der Waals surface area contributed by atoms with E-state index in [0.29, 0.717) is 0 Å². The largest absolute Gasteiger partial charge is 0.394 e. The third-order valence-electron chi connectivity index (χ3n) is 4.58. The molecule has 0 saturated carbocycles. The molecule has 1 saturated heterocycles. The van der Waals surface area contributed by atoms with Crippen LogP contribution in [0.5, 0.6) is 0 Å². The van der Waals surface area contributed by atoms with E-state index in [1.165, 1.54) is 0 Å². The lowest BCUT2D eigenvalue weighted by Crippen LogP contribution is -2.33. The van der Waals surface area contributed by atoms with Gasteiger partial charge in [0.2, 0.25) is 11.7 Å². The van der Waals surface area contributed by atoms with E-state index in [4.69, 9.17) is 10.5 Å². The molecule has 6 N–H and O–H groups in total. The van der Waals surface area contributed by atoms with Crippen LogP contribution in [0.1, 0.15) is 22.4 Å². The van der Waals surface area contributed by atoms with Crippen LogP contribution in [-0.4, -0.2) is 65.5 Å². The number of anilines is 1. The Hall–Kier alpha value is -3.12. The van der Waals surface area contributed by atoms with Crippen LogP contribution >= 0.6 is 0 Å². The van der Waals surface area contributed by atoms with E-state index in [9.17, 15) is 24.9 Å². The minimum absolute atomic E-state index is 0.0876. The lowest BCUT2D eigenvalue weighted by Gasteiger charge is -2.19. The maximum absolute atomic E-state index is 13.0. The molecule has 1 aliphatic rings. The number of carbonyl (C=O) groups is 1. The molecule has 11 nitrogen and oxygen atoms in total. The number of aliphatic hydroxyl groups is 3. The topological polar surface area (TPSA) is 177 Å². The Kier molecular flexibility index (Phi) is 4.43. The molecule has 3 aromatic rings. The Morgan fingerprint density at radius 3 is 2.57 bits per heavy atom. The number of imidazole rings is 1. The number of nitrogens with zero attached hydrogens (tertiary/aromatic N) is 3. The van der Waals surface area contributed by atoms with Crippen molar-refractivity contribution < 1.29 is 24.9 Å². The Bertz CT molecular complexity index is 1090. The molecule has 0 spiro atoms. The summed E-state index contributed by atoms with van der Waals surface area (Å²) in [5.41, 5.74) is 4.97. The predicted octanol–water partition coefficient (Wildman–Crippen LogP) is -1.46. The lowest BCUT2D eigenvalue weighted by atomic mass is 10.1. The Morgan fingerprint density at radius 2 is 1.93 bits per heavy atom. The van der Waals surface area contributed by atoms with Crippen LogP contribution in [-0.2, 0) is 4.74 Å². The van der Waals surface area contributed by atoms with E-state index in [1.807, 2.05) is 0 Å². The third kappa shape index (κ3) is 2.77. The zero-order chi connectivity index (χ0) is 20.0. The number of aliphatic hydroxyl groups excluding tert-OH is 3. The van der Waals surface area contributed by atoms with Crippen LogP contribution in [0.15, 0.2) is 35.1 Å². The van der Waals surface area contributed by atoms with E-state index < -0.39 is 42.5 Å². The van der Waals surface area contributed by atoms with Gasteiger partial charge in [0.05, 0.1) is 6.61 Å². The van der Waals surface area contributed by atoms with Crippen LogP contribution < -0.4 is 11.3 Å². The Morgan fingerprint density at radius 1 is 1.21 bits per heavy atom. The number of nitrogens with one attached hydrogen (secondary N) is 1. The minimum Gasteiger partial charge on any atom is -0.394 e. The van der Waals surface area contributed by atoms with Crippen LogP contribution in [0.4, 0.5) is 5.95 Å². The van der Waals surface area contributed by atoms with Crippen molar-refractivity contribution in [3.05, 3.63) is 52.1 Å². The number of rotatable bonds is 4. The van der Waals surface area contributed by atoms with E-state index in [1.54, 1.807) is 30.3 Å². The first kappa shape index (κ1) is 18.3. The molecular formula is C17H17N5O6. The molecule has 146 valence electrons. The predicted molar refractivity (Wildman–Crippen MR) is 95.4 cm³/mol. The van der Waals surface area contributed by atoms with Crippen LogP contribution in [0, 0.1) is 0 Å². The number of fused-ring (bicyclic) bond motifs is 1. The van der Waals surface area contributed by atoms with Crippen molar-refractivity contribution in [3.63, 3.8) is 0 Å². The molecule has 0 bridgehead atoms. The van der Waals surface area contributed by atoms with Gasteiger partial charge in [-0.3, -0.25) is 19.1 Å². The van der Waals surface area contributed by atoms with Crippen LogP contribution in [0.3, 0.4) is 0 Å².